The largest absolute Gasteiger partial charge is 0.389 e. The van der Waals surface area contributed by atoms with Gasteiger partial charge in [-0.3, -0.25) is 0 Å². The molecular weight excluding hydrogens is 372 g/mol. The summed E-state index contributed by atoms with van der Waals surface area (Å²) in [6.07, 6.45) is -5.06. The molecule has 0 radical (unpaired) electrons. The summed E-state index contributed by atoms with van der Waals surface area (Å²) in [7, 11) is 0. The minimum atomic E-state index is -4.17. The molecule has 0 N–H and O–H groups in total. The predicted octanol–water partition coefficient (Wildman–Crippen LogP) is 6.19. The van der Waals surface area contributed by atoms with Crippen molar-refractivity contribution < 1.29 is 13.2 Å². The van der Waals surface area contributed by atoms with E-state index in [1.807, 2.05) is 11.5 Å². The maximum atomic E-state index is 12.5. The van der Waals surface area contributed by atoms with Crippen LogP contribution < -0.4 is 0 Å². The van der Waals surface area contributed by atoms with Gasteiger partial charge in [-0.2, -0.15) is 13.2 Å². The van der Waals surface area contributed by atoms with Gasteiger partial charge in [0, 0.05) is 16.5 Å². The molecule has 132 valence electrons. The Morgan fingerprint density at radius 2 is 1.84 bits per heavy atom. The first-order valence-corrected chi connectivity index (χ1v) is 8.45. The quantitative estimate of drug-likeness (QED) is 0.522. The number of nitrogens with zero attached hydrogens (tertiary/aromatic N) is 2. The molecule has 0 saturated heterocycles. The predicted molar refractivity (Wildman–Crippen MR) is 94.4 cm³/mol. The van der Waals surface area contributed by atoms with Crippen molar-refractivity contribution in [2.75, 3.05) is 0 Å². The molecule has 3 aromatic rings. The topological polar surface area (TPSA) is 17.8 Å². The number of hydrogen-bond donors (Lipinski definition) is 0. The standard InChI is InChI=1S/C18H15Cl2F3N2/c1-11-24-16-5-2-12(6-7-18(21,22)23)8-17(16)25(11)10-13-9-14(19)3-4-15(13)20/h2-5,8-9H,6-7,10H2,1H3. The number of aromatic nitrogens is 2. The fourth-order valence-electron chi connectivity index (χ4n) is 2.76. The van der Waals surface area contributed by atoms with Crippen molar-refractivity contribution in [3.8, 4) is 0 Å². The molecule has 0 amide bonds. The van der Waals surface area contributed by atoms with E-state index >= 15 is 0 Å². The zero-order chi connectivity index (χ0) is 18.2. The van der Waals surface area contributed by atoms with E-state index in [9.17, 15) is 13.2 Å². The van der Waals surface area contributed by atoms with Crippen molar-refractivity contribution >= 4 is 34.2 Å². The van der Waals surface area contributed by atoms with E-state index in [0.717, 1.165) is 22.4 Å². The average molecular weight is 387 g/mol. The maximum absolute atomic E-state index is 12.5. The van der Waals surface area contributed by atoms with Gasteiger partial charge in [0.1, 0.15) is 5.82 Å². The summed E-state index contributed by atoms with van der Waals surface area (Å²) in [4.78, 5) is 4.48. The minimum Gasteiger partial charge on any atom is -0.324 e. The summed E-state index contributed by atoms with van der Waals surface area (Å²) in [5.74, 6) is 0.763. The van der Waals surface area contributed by atoms with Crippen LogP contribution in [-0.4, -0.2) is 15.7 Å². The van der Waals surface area contributed by atoms with Gasteiger partial charge in [0.05, 0.1) is 17.6 Å². The third kappa shape index (κ3) is 4.28. The molecule has 0 unspecified atom stereocenters. The summed E-state index contributed by atoms with van der Waals surface area (Å²) in [5, 5.41) is 1.16. The van der Waals surface area contributed by atoms with Crippen LogP contribution in [0.15, 0.2) is 36.4 Å². The summed E-state index contributed by atoms with van der Waals surface area (Å²) < 4.78 is 39.3. The zero-order valence-electron chi connectivity index (χ0n) is 13.4. The first-order valence-electron chi connectivity index (χ1n) is 7.69. The second kappa shape index (κ2) is 6.89. The number of alkyl halides is 3. The SMILES string of the molecule is Cc1nc2ccc(CCC(F)(F)F)cc2n1Cc1cc(Cl)ccc1Cl. The van der Waals surface area contributed by atoms with Crippen LogP contribution in [-0.2, 0) is 13.0 Å². The Balaban J connectivity index is 1.96. The van der Waals surface area contributed by atoms with Crippen LogP contribution in [0.3, 0.4) is 0 Å². The highest BCUT2D eigenvalue weighted by Crippen LogP contribution is 2.27. The number of rotatable bonds is 4. The molecule has 0 fully saturated rings. The van der Waals surface area contributed by atoms with Crippen LogP contribution in [0, 0.1) is 6.92 Å². The molecule has 0 spiro atoms. The normalized spacial score (nSPS) is 12.1. The van der Waals surface area contributed by atoms with E-state index in [0.29, 0.717) is 22.2 Å². The smallest absolute Gasteiger partial charge is 0.324 e. The lowest BCUT2D eigenvalue weighted by molar-refractivity contribution is -0.133. The number of aryl methyl sites for hydroxylation is 2. The Morgan fingerprint density at radius 1 is 1.08 bits per heavy atom. The van der Waals surface area contributed by atoms with Gasteiger partial charge in [-0.1, -0.05) is 29.3 Å². The summed E-state index contributed by atoms with van der Waals surface area (Å²) in [6.45, 7) is 2.30. The number of imidazole rings is 1. The summed E-state index contributed by atoms with van der Waals surface area (Å²) in [6, 6.07) is 10.4. The Hall–Kier alpha value is -1.72. The third-order valence-electron chi connectivity index (χ3n) is 4.04. The van der Waals surface area contributed by atoms with Crippen LogP contribution in [0.5, 0.6) is 0 Å². The lowest BCUT2D eigenvalue weighted by atomic mass is 10.1. The highest BCUT2D eigenvalue weighted by molar-refractivity contribution is 6.33. The van der Waals surface area contributed by atoms with E-state index < -0.39 is 12.6 Å². The lowest BCUT2D eigenvalue weighted by Crippen LogP contribution is -2.08. The van der Waals surface area contributed by atoms with Gasteiger partial charge in [-0.05, 0) is 54.8 Å². The molecule has 0 bridgehead atoms. The number of benzene rings is 2. The number of halogens is 5. The van der Waals surface area contributed by atoms with Gasteiger partial charge in [-0.15, -0.1) is 0 Å². The average Bonchev–Trinajstić information content (AvgIpc) is 2.84. The van der Waals surface area contributed by atoms with Crippen LogP contribution in [0.2, 0.25) is 10.0 Å². The lowest BCUT2D eigenvalue weighted by Gasteiger charge is -2.10. The Kier molecular flexibility index (Phi) is 4.98. The Labute approximate surface area is 153 Å². The first-order chi connectivity index (χ1) is 11.7. The minimum absolute atomic E-state index is 0.0540. The van der Waals surface area contributed by atoms with Crippen molar-refractivity contribution in [2.24, 2.45) is 0 Å². The summed E-state index contributed by atoms with van der Waals surface area (Å²) >= 11 is 12.3. The van der Waals surface area contributed by atoms with E-state index in [1.165, 1.54) is 0 Å². The molecule has 0 aliphatic heterocycles. The van der Waals surface area contributed by atoms with E-state index in [-0.39, 0.29) is 6.42 Å². The van der Waals surface area contributed by atoms with Crippen LogP contribution in [0.1, 0.15) is 23.4 Å². The van der Waals surface area contributed by atoms with Crippen molar-refractivity contribution in [2.45, 2.75) is 32.5 Å². The molecule has 1 aromatic heterocycles. The van der Waals surface area contributed by atoms with E-state index in [1.54, 1.807) is 36.4 Å². The molecule has 1 heterocycles. The molecule has 0 aliphatic rings. The Bertz CT molecular complexity index is 917. The molecule has 2 aromatic carbocycles. The highest BCUT2D eigenvalue weighted by atomic mass is 35.5. The molecule has 7 heteroatoms. The molecule has 0 saturated carbocycles. The van der Waals surface area contributed by atoms with Crippen LogP contribution >= 0.6 is 23.2 Å². The molecule has 25 heavy (non-hydrogen) atoms. The fourth-order valence-corrected chi connectivity index (χ4v) is 3.14. The van der Waals surface area contributed by atoms with Crippen LogP contribution in [0.4, 0.5) is 13.2 Å². The van der Waals surface area contributed by atoms with Gasteiger partial charge in [0.2, 0.25) is 0 Å². The second-order valence-electron chi connectivity index (χ2n) is 5.92. The van der Waals surface area contributed by atoms with Gasteiger partial charge in [0.15, 0.2) is 0 Å². The van der Waals surface area contributed by atoms with E-state index in [2.05, 4.69) is 4.98 Å². The van der Waals surface area contributed by atoms with Crippen LogP contribution in [0.25, 0.3) is 11.0 Å². The number of hydrogen-bond acceptors (Lipinski definition) is 1. The molecule has 2 nitrogen and oxygen atoms in total. The van der Waals surface area contributed by atoms with Gasteiger partial charge < -0.3 is 4.57 Å². The molecule has 0 atom stereocenters. The monoisotopic (exact) mass is 386 g/mol. The van der Waals surface area contributed by atoms with Crippen molar-refractivity contribution in [3.63, 3.8) is 0 Å². The molecular formula is C18H15Cl2F3N2. The maximum Gasteiger partial charge on any atom is 0.389 e. The Morgan fingerprint density at radius 3 is 2.56 bits per heavy atom. The van der Waals surface area contributed by atoms with E-state index in [4.69, 9.17) is 23.2 Å². The van der Waals surface area contributed by atoms with Crippen molar-refractivity contribution in [1.82, 2.24) is 9.55 Å². The first kappa shape index (κ1) is 18.1. The van der Waals surface area contributed by atoms with Crippen molar-refractivity contribution in [3.05, 3.63) is 63.4 Å². The van der Waals surface area contributed by atoms with Gasteiger partial charge >= 0.3 is 6.18 Å². The van der Waals surface area contributed by atoms with Gasteiger partial charge in [-0.25, -0.2) is 4.98 Å². The number of fused-ring (bicyclic) bond motifs is 1. The third-order valence-corrected chi connectivity index (χ3v) is 4.64. The fraction of sp³-hybridized carbons (Fsp3) is 0.278. The summed E-state index contributed by atoms with van der Waals surface area (Å²) in [5.41, 5.74) is 2.99. The second-order valence-corrected chi connectivity index (χ2v) is 6.76. The zero-order valence-corrected chi connectivity index (χ0v) is 14.9. The van der Waals surface area contributed by atoms with Gasteiger partial charge in [0.25, 0.3) is 0 Å². The van der Waals surface area contributed by atoms with Crippen molar-refractivity contribution in [1.29, 1.82) is 0 Å². The highest BCUT2D eigenvalue weighted by Gasteiger charge is 2.26. The molecule has 0 aliphatic carbocycles. The molecule has 3 rings (SSSR count).